The maximum absolute atomic E-state index is 11.0. The molecule has 1 unspecified atom stereocenters. The van der Waals surface area contributed by atoms with Crippen molar-refractivity contribution in [1.82, 2.24) is 5.32 Å². The minimum absolute atomic E-state index is 0.0544. The summed E-state index contributed by atoms with van der Waals surface area (Å²) in [4.78, 5) is 11.0. The molecule has 3 nitrogen and oxygen atoms in total. The average molecular weight is 317 g/mol. The van der Waals surface area contributed by atoms with Crippen molar-refractivity contribution in [3.8, 4) is 0 Å². The molecule has 116 valence electrons. The number of carbonyl (C=O) groups excluding carboxylic acids is 1. The molecule has 0 bridgehead atoms. The van der Waals surface area contributed by atoms with Crippen LogP contribution in [0, 0.1) is 0 Å². The highest BCUT2D eigenvalue weighted by molar-refractivity contribution is 6.30. The zero-order valence-electron chi connectivity index (χ0n) is 12.9. The molecule has 0 aliphatic heterocycles. The lowest BCUT2D eigenvalue weighted by Gasteiger charge is -2.13. The molecule has 0 aromatic heterocycles. The van der Waals surface area contributed by atoms with E-state index in [0.717, 1.165) is 23.8 Å². The highest BCUT2D eigenvalue weighted by Crippen LogP contribution is 2.18. The van der Waals surface area contributed by atoms with E-state index in [0.29, 0.717) is 5.92 Å². The molecular weight excluding hydrogens is 296 g/mol. The van der Waals surface area contributed by atoms with Crippen LogP contribution in [-0.2, 0) is 11.3 Å². The molecule has 0 spiro atoms. The first-order chi connectivity index (χ1) is 10.5. The SMILES string of the molecule is CC(=O)Nc1ccc(CNCC(C)c2cccc(Cl)c2)cc1. The van der Waals surface area contributed by atoms with E-state index in [-0.39, 0.29) is 5.91 Å². The van der Waals surface area contributed by atoms with Crippen molar-refractivity contribution in [1.29, 1.82) is 0 Å². The molecule has 22 heavy (non-hydrogen) atoms. The molecule has 2 aromatic rings. The van der Waals surface area contributed by atoms with Crippen molar-refractivity contribution in [2.75, 3.05) is 11.9 Å². The highest BCUT2D eigenvalue weighted by atomic mass is 35.5. The number of halogens is 1. The van der Waals surface area contributed by atoms with E-state index in [1.807, 2.05) is 42.5 Å². The summed E-state index contributed by atoms with van der Waals surface area (Å²) in [5, 5.41) is 6.99. The largest absolute Gasteiger partial charge is 0.326 e. The fourth-order valence-corrected chi connectivity index (χ4v) is 2.47. The van der Waals surface area contributed by atoms with E-state index in [1.165, 1.54) is 18.1 Å². The van der Waals surface area contributed by atoms with Crippen LogP contribution in [0.4, 0.5) is 5.69 Å². The number of amides is 1. The number of hydrogen-bond acceptors (Lipinski definition) is 2. The molecule has 0 heterocycles. The van der Waals surface area contributed by atoms with Crippen LogP contribution in [0.25, 0.3) is 0 Å². The molecule has 0 aliphatic carbocycles. The fourth-order valence-electron chi connectivity index (χ4n) is 2.27. The molecule has 2 rings (SSSR count). The first kappa shape index (κ1) is 16.5. The van der Waals surface area contributed by atoms with Gasteiger partial charge in [0.2, 0.25) is 5.91 Å². The predicted molar refractivity (Wildman–Crippen MR) is 92.3 cm³/mol. The number of hydrogen-bond donors (Lipinski definition) is 2. The van der Waals surface area contributed by atoms with Gasteiger partial charge in [0.25, 0.3) is 0 Å². The molecule has 0 saturated carbocycles. The van der Waals surface area contributed by atoms with Gasteiger partial charge in [-0.2, -0.15) is 0 Å². The van der Waals surface area contributed by atoms with E-state index < -0.39 is 0 Å². The lowest BCUT2D eigenvalue weighted by molar-refractivity contribution is -0.114. The van der Waals surface area contributed by atoms with Gasteiger partial charge in [0.15, 0.2) is 0 Å². The minimum Gasteiger partial charge on any atom is -0.326 e. The molecule has 0 radical (unpaired) electrons. The first-order valence-corrected chi connectivity index (χ1v) is 7.75. The summed E-state index contributed by atoms with van der Waals surface area (Å²) >= 11 is 6.02. The second-order valence-corrected chi connectivity index (χ2v) is 5.90. The summed E-state index contributed by atoms with van der Waals surface area (Å²) in [5.41, 5.74) is 3.25. The summed E-state index contributed by atoms with van der Waals surface area (Å²) in [6.07, 6.45) is 0. The van der Waals surface area contributed by atoms with Gasteiger partial charge < -0.3 is 10.6 Å². The number of nitrogens with one attached hydrogen (secondary N) is 2. The van der Waals surface area contributed by atoms with Gasteiger partial charge in [0, 0.05) is 30.7 Å². The Bertz CT molecular complexity index is 625. The van der Waals surface area contributed by atoms with E-state index in [2.05, 4.69) is 23.6 Å². The average Bonchev–Trinajstić information content (AvgIpc) is 2.48. The molecule has 4 heteroatoms. The summed E-state index contributed by atoms with van der Waals surface area (Å²) in [6.45, 7) is 5.37. The lowest BCUT2D eigenvalue weighted by atomic mass is 10.0. The Morgan fingerprint density at radius 1 is 1.18 bits per heavy atom. The van der Waals surface area contributed by atoms with Crippen molar-refractivity contribution in [2.24, 2.45) is 0 Å². The van der Waals surface area contributed by atoms with Gasteiger partial charge in [-0.3, -0.25) is 4.79 Å². The minimum atomic E-state index is -0.0544. The number of benzene rings is 2. The van der Waals surface area contributed by atoms with Crippen molar-refractivity contribution in [3.05, 3.63) is 64.7 Å². The Labute approximate surface area is 136 Å². The molecule has 0 aliphatic rings. The van der Waals surface area contributed by atoms with Gasteiger partial charge in [-0.15, -0.1) is 0 Å². The van der Waals surface area contributed by atoms with Crippen molar-refractivity contribution in [3.63, 3.8) is 0 Å². The summed E-state index contributed by atoms with van der Waals surface area (Å²) in [7, 11) is 0. The van der Waals surface area contributed by atoms with Crippen LogP contribution in [0.2, 0.25) is 5.02 Å². The van der Waals surface area contributed by atoms with Crippen LogP contribution in [-0.4, -0.2) is 12.5 Å². The molecule has 0 fully saturated rings. The third-order valence-electron chi connectivity index (χ3n) is 3.47. The van der Waals surface area contributed by atoms with E-state index >= 15 is 0 Å². The topological polar surface area (TPSA) is 41.1 Å². The number of rotatable bonds is 6. The summed E-state index contributed by atoms with van der Waals surface area (Å²) in [6, 6.07) is 15.8. The van der Waals surface area contributed by atoms with Gasteiger partial charge in [0.1, 0.15) is 0 Å². The zero-order chi connectivity index (χ0) is 15.9. The Hall–Kier alpha value is -1.84. The van der Waals surface area contributed by atoms with Gasteiger partial charge in [-0.05, 0) is 41.3 Å². The van der Waals surface area contributed by atoms with Crippen molar-refractivity contribution < 1.29 is 4.79 Å². The van der Waals surface area contributed by atoms with Crippen LogP contribution in [0.1, 0.15) is 30.9 Å². The number of anilines is 1. The molecule has 2 N–H and O–H groups in total. The molecule has 2 aromatic carbocycles. The summed E-state index contributed by atoms with van der Waals surface area (Å²) < 4.78 is 0. The highest BCUT2D eigenvalue weighted by Gasteiger charge is 2.05. The molecule has 0 saturated heterocycles. The van der Waals surface area contributed by atoms with Gasteiger partial charge >= 0.3 is 0 Å². The van der Waals surface area contributed by atoms with Crippen LogP contribution >= 0.6 is 11.6 Å². The maximum atomic E-state index is 11.0. The van der Waals surface area contributed by atoms with E-state index in [1.54, 1.807) is 0 Å². The fraction of sp³-hybridized carbons (Fsp3) is 0.278. The standard InChI is InChI=1S/C18H21ClN2O/c1-13(16-4-3-5-17(19)10-16)11-20-12-15-6-8-18(9-7-15)21-14(2)22/h3-10,13,20H,11-12H2,1-2H3,(H,21,22). The monoisotopic (exact) mass is 316 g/mol. The van der Waals surface area contributed by atoms with Crippen LogP contribution in [0.15, 0.2) is 48.5 Å². The van der Waals surface area contributed by atoms with Crippen molar-refractivity contribution in [2.45, 2.75) is 26.3 Å². The Balaban J connectivity index is 1.82. The van der Waals surface area contributed by atoms with E-state index in [9.17, 15) is 4.79 Å². The van der Waals surface area contributed by atoms with Gasteiger partial charge in [-0.1, -0.05) is 42.8 Å². The number of carbonyl (C=O) groups is 1. The van der Waals surface area contributed by atoms with Crippen LogP contribution in [0.3, 0.4) is 0 Å². The normalized spacial score (nSPS) is 12.0. The Morgan fingerprint density at radius 2 is 1.91 bits per heavy atom. The summed E-state index contributed by atoms with van der Waals surface area (Å²) in [5.74, 6) is 0.346. The Morgan fingerprint density at radius 3 is 2.55 bits per heavy atom. The second kappa shape index (κ2) is 7.97. The smallest absolute Gasteiger partial charge is 0.221 e. The van der Waals surface area contributed by atoms with Gasteiger partial charge in [-0.25, -0.2) is 0 Å². The van der Waals surface area contributed by atoms with E-state index in [4.69, 9.17) is 11.6 Å². The molecular formula is C18H21ClN2O. The van der Waals surface area contributed by atoms with Gasteiger partial charge in [0.05, 0.1) is 0 Å². The zero-order valence-corrected chi connectivity index (χ0v) is 13.7. The second-order valence-electron chi connectivity index (χ2n) is 5.47. The van der Waals surface area contributed by atoms with Crippen LogP contribution < -0.4 is 10.6 Å². The third-order valence-corrected chi connectivity index (χ3v) is 3.71. The maximum Gasteiger partial charge on any atom is 0.221 e. The lowest BCUT2D eigenvalue weighted by Crippen LogP contribution is -2.19. The van der Waals surface area contributed by atoms with Crippen LogP contribution in [0.5, 0.6) is 0 Å². The first-order valence-electron chi connectivity index (χ1n) is 7.37. The molecule has 1 atom stereocenters. The molecule has 1 amide bonds. The third kappa shape index (κ3) is 5.17. The Kier molecular flexibility index (Phi) is 5.99. The quantitative estimate of drug-likeness (QED) is 0.839. The van der Waals surface area contributed by atoms with Crippen molar-refractivity contribution >= 4 is 23.2 Å². The predicted octanol–water partition coefficient (Wildman–Crippen LogP) is 4.19.